The maximum absolute atomic E-state index is 13.7. The first-order valence-electron chi connectivity index (χ1n) is 10.7. The van der Waals surface area contributed by atoms with Crippen molar-refractivity contribution in [2.75, 3.05) is 20.8 Å². The van der Waals surface area contributed by atoms with Crippen molar-refractivity contribution in [2.24, 2.45) is 4.99 Å². The van der Waals surface area contributed by atoms with E-state index in [2.05, 4.69) is 27.5 Å². The van der Waals surface area contributed by atoms with E-state index in [-0.39, 0.29) is 17.7 Å². The van der Waals surface area contributed by atoms with E-state index in [0.717, 1.165) is 10.0 Å². The molecule has 1 unspecified atom stereocenters. The monoisotopic (exact) mass is 554 g/mol. The van der Waals surface area contributed by atoms with Crippen LogP contribution < -0.4 is 24.4 Å². The Morgan fingerprint density at radius 2 is 1.97 bits per heavy atom. The number of hydrogen-bond donors (Lipinski definition) is 0. The van der Waals surface area contributed by atoms with Gasteiger partial charge in [0, 0.05) is 4.47 Å². The van der Waals surface area contributed by atoms with Gasteiger partial charge in [0.15, 0.2) is 16.3 Å². The summed E-state index contributed by atoms with van der Waals surface area (Å²) in [7, 11) is 3.08. The Labute approximate surface area is 214 Å². The lowest BCUT2D eigenvalue weighted by atomic mass is 9.95. The van der Waals surface area contributed by atoms with Gasteiger partial charge in [0.1, 0.15) is 6.61 Å². The fraction of sp³-hybridized carbons (Fsp3) is 0.192. The van der Waals surface area contributed by atoms with Crippen molar-refractivity contribution in [3.63, 3.8) is 0 Å². The number of fused-ring (bicyclic) bond motifs is 1. The number of hydrogen-bond acceptors (Lipinski definition) is 7. The van der Waals surface area contributed by atoms with Crippen LogP contribution >= 0.6 is 27.3 Å². The largest absolute Gasteiger partial charge is 0.493 e. The molecule has 0 fully saturated rings. The highest BCUT2D eigenvalue weighted by Gasteiger charge is 2.34. The summed E-state index contributed by atoms with van der Waals surface area (Å²) in [4.78, 5) is 31.9. The molecule has 1 aromatic heterocycles. The normalized spacial score (nSPS) is 15.3. The van der Waals surface area contributed by atoms with Gasteiger partial charge in [-0.3, -0.25) is 9.36 Å². The summed E-state index contributed by atoms with van der Waals surface area (Å²) in [6, 6.07) is 12.2. The zero-order valence-electron chi connectivity index (χ0n) is 19.4. The minimum Gasteiger partial charge on any atom is -0.493 e. The molecular weight excluding hydrogens is 532 g/mol. The van der Waals surface area contributed by atoms with Gasteiger partial charge < -0.3 is 14.2 Å². The predicted molar refractivity (Wildman–Crippen MR) is 139 cm³/mol. The number of ether oxygens (including phenoxy) is 3. The Bertz CT molecular complexity index is 1520. The summed E-state index contributed by atoms with van der Waals surface area (Å²) in [6.07, 6.45) is 3.31. The zero-order valence-corrected chi connectivity index (χ0v) is 21.8. The van der Waals surface area contributed by atoms with E-state index in [1.54, 1.807) is 32.2 Å². The highest BCUT2D eigenvalue weighted by molar-refractivity contribution is 9.10. The summed E-state index contributed by atoms with van der Waals surface area (Å²) in [5, 5.41) is 0. The molecule has 0 spiro atoms. The quantitative estimate of drug-likeness (QED) is 0.328. The number of halogens is 1. The van der Waals surface area contributed by atoms with Crippen LogP contribution in [0.15, 0.2) is 80.6 Å². The Hall–Kier alpha value is -3.43. The Morgan fingerprint density at radius 1 is 1.20 bits per heavy atom. The van der Waals surface area contributed by atoms with Crippen LogP contribution in [0.1, 0.15) is 24.1 Å². The topological polar surface area (TPSA) is 79.1 Å². The molecule has 0 aliphatic carbocycles. The van der Waals surface area contributed by atoms with Crippen molar-refractivity contribution < 1.29 is 19.0 Å². The molecule has 2 heterocycles. The number of aromatic nitrogens is 1. The third-order valence-electron chi connectivity index (χ3n) is 5.44. The second-order valence-corrected chi connectivity index (χ2v) is 9.56. The molecule has 9 heteroatoms. The summed E-state index contributed by atoms with van der Waals surface area (Å²) < 4.78 is 19.2. The molecule has 0 saturated heterocycles. The lowest BCUT2D eigenvalue weighted by Crippen LogP contribution is -2.40. The third kappa shape index (κ3) is 4.87. The van der Waals surface area contributed by atoms with Crippen LogP contribution in [0.4, 0.5) is 0 Å². The first-order valence-corrected chi connectivity index (χ1v) is 12.3. The van der Waals surface area contributed by atoms with Crippen LogP contribution in [0.3, 0.4) is 0 Å². The summed E-state index contributed by atoms with van der Waals surface area (Å²) in [5.74, 6) is 0.455. The van der Waals surface area contributed by atoms with E-state index >= 15 is 0 Å². The SMILES string of the molecule is C=CCOC(=O)C1=C(C)N=c2sc(=Cc3cccc(Br)c3)c(=O)n2C1c1ccc(OC)c(OC)c1. The molecule has 180 valence electrons. The first kappa shape index (κ1) is 24.7. The molecule has 2 aromatic carbocycles. The second kappa shape index (κ2) is 10.5. The van der Waals surface area contributed by atoms with Gasteiger partial charge in [-0.25, -0.2) is 9.79 Å². The average molecular weight is 555 g/mol. The van der Waals surface area contributed by atoms with Gasteiger partial charge in [0.2, 0.25) is 0 Å². The van der Waals surface area contributed by atoms with Gasteiger partial charge in [0.05, 0.1) is 36.1 Å². The zero-order chi connectivity index (χ0) is 25.1. The Kier molecular flexibility index (Phi) is 7.37. The van der Waals surface area contributed by atoms with Crippen molar-refractivity contribution in [1.82, 2.24) is 4.57 Å². The molecular formula is C26H23BrN2O5S. The number of thiazole rings is 1. The maximum atomic E-state index is 13.7. The van der Waals surface area contributed by atoms with Crippen LogP contribution in [-0.4, -0.2) is 31.4 Å². The molecule has 1 aliphatic rings. The standard InChI is InChI=1S/C26H23BrN2O5S/c1-5-11-34-25(31)22-15(2)28-26-29(23(22)17-9-10-19(32-3)20(14-17)33-4)24(30)21(35-26)13-16-7-6-8-18(27)12-16/h5-10,12-14,23H,1,11H2,2-4H3. The minimum absolute atomic E-state index is 0.0432. The summed E-state index contributed by atoms with van der Waals surface area (Å²) >= 11 is 4.73. The molecule has 4 rings (SSSR count). The number of carbonyl (C=O) groups is 1. The van der Waals surface area contributed by atoms with Gasteiger partial charge in [-0.1, -0.05) is 58.1 Å². The van der Waals surface area contributed by atoms with Crippen LogP contribution in [0.5, 0.6) is 11.5 Å². The molecule has 1 atom stereocenters. The molecule has 0 radical (unpaired) electrons. The number of esters is 1. The number of rotatable bonds is 7. The average Bonchev–Trinajstić information content (AvgIpc) is 3.15. The predicted octanol–water partition coefficient (Wildman–Crippen LogP) is 3.74. The number of allylic oxidation sites excluding steroid dienone is 1. The maximum Gasteiger partial charge on any atom is 0.338 e. The third-order valence-corrected chi connectivity index (χ3v) is 6.92. The number of benzene rings is 2. The van der Waals surface area contributed by atoms with Gasteiger partial charge in [-0.15, -0.1) is 0 Å². The fourth-order valence-electron chi connectivity index (χ4n) is 3.88. The van der Waals surface area contributed by atoms with Crippen LogP contribution in [0.2, 0.25) is 0 Å². The highest BCUT2D eigenvalue weighted by atomic mass is 79.9. The first-order chi connectivity index (χ1) is 16.9. The molecule has 1 aliphatic heterocycles. The van der Waals surface area contributed by atoms with Gasteiger partial charge in [0.25, 0.3) is 5.56 Å². The molecule has 0 saturated carbocycles. The van der Waals surface area contributed by atoms with E-state index in [0.29, 0.717) is 32.1 Å². The molecule has 0 amide bonds. The van der Waals surface area contributed by atoms with Gasteiger partial charge in [-0.05, 0) is 48.4 Å². The van der Waals surface area contributed by atoms with Gasteiger partial charge in [-0.2, -0.15) is 0 Å². The Morgan fingerprint density at radius 3 is 2.66 bits per heavy atom. The van der Waals surface area contributed by atoms with Crippen molar-refractivity contribution in [1.29, 1.82) is 0 Å². The van der Waals surface area contributed by atoms with Crippen molar-refractivity contribution >= 4 is 39.3 Å². The van der Waals surface area contributed by atoms with Gasteiger partial charge >= 0.3 is 5.97 Å². The molecule has 35 heavy (non-hydrogen) atoms. The van der Waals surface area contributed by atoms with Crippen molar-refractivity contribution in [3.8, 4) is 11.5 Å². The molecule has 3 aromatic rings. The van der Waals surface area contributed by atoms with E-state index in [1.165, 1.54) is 29.1 Å². The second-order valence-electron chi connectivity index (χ2n) is 7.64. The number of nitrogens with zero attached hydrogens (tertiary/aromatic N) is 2. The van der Waals surface area contributed by atoms with E-state index in [9.17, 15) is 9.59 Å². The lowest BCUT2D eigenvalue weighted by Gasteiger charge is -2.25. The minimum atomic E-state index is -0.756. The molecule has 0 bridgehead atoms. The van der Waals surface area contributed by atoms with E-state index in [4.69, 9.17) is 14.2 Å². The van der Waals surface area contributed by atoms with Crippen LogP contribution in [0.25, 0.3) is 6.08 Å². The molecule has 0 N–H and O–H groups in total. The highest BCUT2D eigenvalue weighted by Crippen LogP contribution is 2.36. The smallest absolute Gasteiger partial charge is 0.338 e. The van der Waals surface area contributed by atoms with E-state index < -0.39 is 12.0 Å². The van der Waals surface area contributed by atoms with E-state index in [1.807, 2.05) is 30.3 Å². The van der Waals surface area contributed by atoms with Crippen LogP contribution in [0, 0.1) is 0 Å². The summed E-state index contributed by atoms with van der Waals surface area (Å²) in [5.41, 5.74) is 2.04. The van der Waals surface area contributed by atoms with Crippen molar-refractivity contribution in [2.45, 2.75) is 13.0 Å². The Balaban J connectivity index is 1.96. The lowest BCUT2D eigenvalue weighted by molar-refractivity contribution is -0.138. The number of carbonyl (C=O) groups excluding carboxylic acids is 1. The fourth-order valence-corrected chi connectivity index (χ4v) is 5.34. The number of methoxy groups -OCH3 is 2. The summed E-state index contributed by atoms with van der Waals surface area (Å²) in [6.45, 7) is 5.39. The van der Waals surface area contributed by atoms with Crippen LogP contribution in [-0.2, 0) is 9.53 Å². The molecule has 7 nitrogen and oxygen atoms in total. The van der Waals surface area contributed by atoms with Crippen molar-refractivity contribution in [3.05, 3.63) is 102 Å².